The highest BCUT2D eigenvalue weighted by Gasteiger charge is 2.08. The maximum atomic E-state index is 6.17. The van der Waals surface area contributed by atoms with Crippen LogP contribution in [0.25, 0.3) is 0 Å². The Balaban J connectivity index is 2.12. The standard InChI is InChI=1S/C14H15BrN2O/c1-18-14-3-2-10(8-12(14)15)9-13(16)11-4-6-17-7-5-11/h2-8,13H,9,16H2,1H3. The number of rotatable bonds is 4. The zero-order valence-corrected chi connectivity index (χ0v) is 11.7. The summed E-state index contributed by atoms with van der Waals surface area (Å²) < 4.78 is 6.15. The SMILES string of the molecule is COc1ccc(CC(N)c2ccncc2)cc1Br. The molecule has 1 unspecified atom stereocenters. The average molecular weight is 307 g/mol. The van der Waals surface area contributed by atoms with Crippen molar-refractivity contribution in [3.05, 3.63) is 58.3 Å². The van der Waals surface area contributed by atoms with Gasteiger partial charge in [0.15, 0.2) is 0 Å². The number of halogens is 1. The summed E-state index contributed by atoms with van der Waals surface area (Å²) in [6, 6.07) is 9.89. The van der Waals surface area contributed by atoms with Gasteiger partial charge in [0, 0.05) is 18.4 Å². The van der Waals surface area contributed by atoms with Crippen LogP contribution < -0.4 is 10.5 Å². The molecule has 0 saturated carbocycles. The van der Waals surface area contributed by atoms with E-state index in [1.165, 1.54) is 5.56 Å². The van der Waals surface area contributed by atoms with Crippen LogP contribution in [0.3, 0.4) is 0 Å². The summed E-state index contributed by atoms with van der Waals surface area (Å²) in [7, 11) is 1.66. The number of benzene rings is 1. The fourth-order valence-corrected chi connectivity index (χ4v) is 2.41. The summed E-state index contributed by atoms with van der Waals surface area (Å²) in [6.45, 7) is 0. The lowest BCUT2D eigenvalue weighted by Gasteiger charge is -2.13. The minimum absolute atomic E-state index is 0.0201. The second-order valence-electron chi connectivity index (χ2n) is 4.06. The van der Waals surface area contributed by atoms with E-state index in [4.69, 9.17) is 10.5 Å². The van der Waals surface area contributed by atoms with Crippen molar-refractivity contribution in [1.29, 1.82) is 0 Å². The van der Waals surface area contributed by atoms with Gasteiger partial charge in [-0.25, -0.2) is 0 Å². The van der Waals surface area contributed by atoms with Crippen molar-refractivity contribution >= 4 is 15.9 Å². The molecule has 0 fully saturated rings. The van der Waals surface area contributed by atoms with Crippen molar-refractivity contribution in [2.75, 3.05) is 7.11 Å². The van der Waals surface area contributed by atoms with Crippen molar-refractivity contribution in [1.82, 2.24) is 4.98 Å². The molecule has 94 valence electrons. The molecule has 1 aromatic heterocycles. The van der Waals surface area contributed by atoms with E-state index >= 15 is 0 Å². The molecular weight excluding hydrogens is 292 g/mol. The van der Waals surface area contributed by atoms with Crippen LogP contribution in [0, 0.1) is 0 Å². The van der Waals surface area contributed by atoms with Crippen LogP contribution in [0.15, 0.2) is 47.2 Å². The van der Waals surface area contributed by atoms with Gasteiger partial charge in [-0.1, -0.05) is 6.07 Å². The maximum Gasteiger partial charge on any atom is 0.133 e. The zero-order valence-electron chi connectivity index (χ0n) is 10.1. The highest BCUT2D eigenvalue weighted by molar-refractivity contribution is 9.10. The Morgan fingerprint density at radius 3 is 2.61 bits per heavy atom. The molecule has 3 nitrogen and oxygen atoms in total. The van der Waals surface area contributed by atoms with Crippen LogP contribution in [-0.4, -0.2) is 12.1 Å². The summed E-state index contributed by atoms with van der Waals surface area (Å²) in [5.74, 6) is 0.830. The van der Waals surface area contributed by atoms with Crippen LogP contribution in [0.4, 0.5) is 0 Å². The summed E-state index contributed by atoms with van der Waals surface area (Å²) in [4.78, 5) is 3.99. The van der Waals surface area contributed by atoms with Crippen LogP contribution >= 0.6 is 15.9 Å². The van der Waals surface area contributed by atoms with Gasteiger partial charge in [-0.05, 0) is 57.7 Å². The first-order valence-corrected chi connectivity index (χ1v) is 6.48. The molecule has 2 aromatic rings. The number of hydrogen-bond donors (Lipinski definition) is 1. The second kappa shape index (κ2) is 5.98. The van der Waals surface area contributed by atoms with Gasteiger partial charge in [-0.2, -0.15) is 0 Å². The number of hydrogen-bond acceptors (Lipinski definition) is 3. The predicted octanol–water partition coefficient (Wildman–Crippen LogP) is 3.10. The first-order valence-electron chi connectivity index (χ1n) is 5.68. The lowest BCUT2D eigenvalue weighted by molar-refractivity contribution is 0.412. The molecule has 0 aliphatic rings. The molecule has 18 heavy (non-hydrogen) atoms. The Morgan fingerprint density at radius 1 is 1.28 bits per heavy atom. The smallest absolute Gasteiger partial charge is 0.133 e. The summed E-state index contributed by atoms with van der Waals surface area (Å²) in [5.41, 5.74) is 8.44. The molecule has 0 radical (unpaired) electrons. The first-order chi connectivity index (χ1) is 8.70. The fraction of sp³-hybridized carbons (Fsp3) is 0.214. The van der Waals surface area contributed by atoms with Gasteiger partial charge in [-0.3, -0.25) is 4.98 Å². The van der Waals surface area contributed by atoms with E-state index in [1.807, 2.05) is 30.3 Å². The van der Waals surface area contributed by atoms with Gasteiger partial charge in [0.05, 0.1) is 11.6 Å². The summed E-state index contributed by atoms with van der Waals surface area (Å²) in [5, 5.41) is 0. The number of methoxy groups -OCH3 is 1. The second-order valence-corrected chi connectivity index (χ2v) is 4.91. The van der Waals surface area contributed by atoms with Crippen molar-refractivity contribution in [3.63, 3.8) is 0 Å². The molecule has 1 aromatic carbocycles. The molecule has 0 saturated heterocycles. The van der Waals surface area contributed by atoms with E-state index < -0.39 is 0 Å². The van der Waals surface area contributed by atoms with E-state index in [0.717, 1.165) is 22.2 Å². The Labute approximate surface area is 115 Å². The van der Waals surface area contributed by atoms with Gasteiger partial charge in [-0.15, -0.1) is 0 Å². The lowest BCUT2D eigenvalue weighted by Crippen LogP contribution is -2.13. The monoisotopic (exact) mass is 306 g/mol. The number of ether oxygens (including phenoxy) is 1. The van der Waals surface area contributed by atoms with Crippen molar-refractivity contribution in [2.24, 2.45) is 5.73 Å². The molecule has 0 aliphatic carbocycles. The first kappa shape index (κ1) is 13.1. The van der Waals surface area contributed by atoms with E-state index in [2.05, 4.69) is 20.9 Å². The number of nitrogens with two attached hydrogens (primary N) is 1. The molecule has 4 heteroatoms. The van der Waals surface area contributed by atoms with Crippen LogP contribution in [0.2, 0.25) is 0 Å². The van der Waals surface area contributed by atoms with Gasteiger partial charge in [0.25, 0.3) is 0 Å². The Hall–Kier alpha value is -1.39. The van der Waals surface area contributed by atoms with E-state index in [9.17, 15) is 0 Å². The third-order valence-electron chi connectivity index (χ3n) is 2.81. The minimum atomic E-state index is -0.0201. The fourth-order valence-electron chi connectivity index (χ4n) is 1.82. The van der Waals surface area contributed by atoms with Crippen molar-refractivity contribution in [2.45, 2.75) is 12.5 Å². The molecule has 1 heterocycles. The van der Waals surface area contributed by atoms with E-state index in [1.54, 1.807) is 19.5 Å². The molecular formula is C14H15BrN2O. The lowest BCUT2D eigenvalue weighted by atomic mass is 10.0. The van der Waals surface area contributed by atoms with E-state index in [0.29, 0.717) is 0 Å². The maximum absolute atomic E-state index is 6.17. The predicted molar refractivity (Wildman–Crippen MR) is 75.6 cm³/mol. The Kier molecular flexibility index (Phi) is 4.33. The van der Waals surface area contributed by atoms with Crippen molar-refractivity contribution < 1.29 is 4.74 Å². The molecule has 1 atom stereocenters. The number of pyridine rings is 1. The topological polar surface area (TPSA) is 48.1 Å². The molecule has 0 bridgehead atoms. The highest BCUT2D eigenvalue weighted by Crippen LogP contribution is 2.27. The third kappa shape index (κ3) is 3.09. The van der Waals surface area contributed by atoms with Crippen LogP contribution in [0.1, 0.15) is 17.2 Å². The Bertz CT molecular complexity index is 516. The van der Waals surface area contributed by atoms with Crippen molar-refractivity contribution in [3.8, 4) is 5.75 Å². The van der Waals surface area contributed by atoms with Crippen LogP contribution in [0.5, 0.6) is 5.75 Å². The van der Waals surface area contributed by atoms with Gasteiger partial charge < -0.3 is 10.5 Å². The third-order valence-corrected chi connectivity index (χ3v) is 3.43. The van der Waals surface area contributed by atoms with Gasteiger partial charge in [0.1, 0.15) is 5.75 Å². The van der Waals surface area contributed by atoms with Gasteiger partial charge >= 0.3 is 0 Å². The molecule has 0 aliphatic heterocycles. The molecule has 2 N–H and O–H groups in total. The Morgan fingerprint density at radius 2 is 2.00 bits per heavy atom. The zero-order chi connectivity index (χ0) is 13.0. The largest absolute Gasteiger partial charge is 0.496 e. The number of nitrogens with zero attached hydrogens (tertiary/aromatic N) is 1. The minimum Gasteiger partial charge on any atom is -0.496 e. The molecule has 2 rings (SSSR count). The van der Waals surface area contributed by atoms with Gasteiger partial charge in [0.2, 0.25) is 0 Å². The summed E-state index contributed by atoms with van der Waals surface area (Å²) >= 11 is 3.48. The normalized spacial score (nSPS) is 12.2. The van der Waals surface area contributed by atoms with Crippen LogP contribution in [-0.2, 0) is 6.42 Å². The highest BCUT2D eigenvalue weighted by atomic mass is 79.9. The average Bonchev–Trinajstić information content (AvgIpc) is 2.40. The molecule has 0 amide bonds. The number of aromatic nitrogens is 1. The quantitative estimate of drug-likeness (QED) is 0.944. The summed E-state index contributed by atoms with van der Waals surface area (Å²) in [6.07, 6.45) is 4.31. The molecule has 0 spiro atoms. The van der Waals surface area contributed by atoms with E-state index in [-0.39, 0.29) is 6.04 Å².